The van der Waals surface area contributed by atoms with E-state index in [1.807, 2.05) is 0 Å². The van der Waals surface area contributed by atoms with Gasteiger partial charge in [0.05, 0.1) is 24.4 Å². The van der Waals surface area contributed by atoms with E-state index >= 15 is 0 Å². The van der Waals surface area contributed by atoms with Gasteiger partial charge in [-0.1, -0.05) is 43.7 Å². The number of benzene rings is 1. The van der Waals surface area contributed by atoms with Crippen LogP contribution >= 0.6 is 22.5 Å². The van der Waals surface area contributed by atoms with Gasteiger partial charge in [0.2, 0.25) is 0 Å². The maximum atomic E-state index is 6.04. The van der Waals surface area contributed by atoms with Gasteiger partial charge in [0.25, 0.3) is 0 Å². The topological polar surface area (TPSA) is 18.5 Å². The molecule has 0 aliphatic heterocycles. The van der Waals surface area contributed by atoms with Gasteiger partial charge in [-0.05, 0) is 63.6 Å². The van der Waals surface area contributed by atoms with E-state index in [-0.39, 0.29) is 16.6 Å². The van der Waals surface area contributed by atoms with Gasteiger partial charge < -0.3 is 9.47 Å². The first kappa shape index (κ1) is 21.9. The zero-order chi connectivity index (χ0) is 18.8. The molecule has 0 heterocycles. The normalized spacial score (nSPS) is 13.4. The molecular weight excluding hydrogens is 336 g/mol. The molecule has 0 saturated heterocycles. The lowest BCUT2D eigenvalue weighted by atomic mass is 9.85. The molecule has 0 unspecified atom stereocenters. The summed E-state index contributed by atoms with van der Waals surface area (Å²) >= 11 is 4.49. The van der Waals surface area contributed by atoms with Crippen molar-refractivity contribution in [1.29, 1.82) is 0 Å². The van der Waals surface area contributed by atoms with Crippen molar-refractivity contribution in [2.75, 3.05) is 0 Å². The van der Waals surface area contributed by atoms with Gasteiger partial charge >= 0.3 is 0 Å². The summed E-state index contributed by atoms with van der Waals surface area (Å²) in [6.07, 6.45) is 0. The smallest absolute Gasteiger partial charge is 0.0735 e. The van der Waals surface area contributed by atoms with Crippen LogP contribution < -0.4 is 0 Å². The van der Waals surface area contributed by atoms with Crippen LogP contribution in [0.2, 0.25) is 0 Å². The van der Waals surface area contributed by atoms with E-state index in [2.05, 4.69) is 86.1 Å². The Kier molecular flexibility index (Phi) is 7.32. The first-order valence-corrected chi connectivity index (χ1v) is 10.4. The van der Waals surface area contributed by atoms with Crippen molar-refractivity contribution in [3.8, 4) is 0 Å². The van der Waals surface area contributed by atoms with E-state index in [0.29, 0.717) is 13.2 Å². The van der Waals surface area contributed by atoms with Gasteiger partial charge in [0, 0.05) is 4.90 Å². The Morgan fingerprint density at radius 1 is 0.792 bits per heavy atom. The van der Waals surface area contributed by atoms with Crippen molar-refractivity contribution in [2.24, 2.45) is 0 Å². The van der Waals surface area contributed by atoms with Gasteiger partial charge in [-0.2, -0.15) is 0 Å². The minimum absolute atomic E-state index is 0.0762. The second kappa shape index (κ2) is 8.03. The summed E-state index contributed by atoms with van der Waals surface area (Å²) in [5.74, 6) is 0. The van der Waals surface area contributed by atoms with Crippen molar-refractivity contribution in [3.63, 3.8) is 0 Å². The lowest BCUT2D eigenvalue weighted by molar-refractivity contribution is -0.0190. The fourth-order valence-corrected chi connectivity index (χ4v) is 3.28. The highest BCUT2D eigenvalue weighted by Crippen LogP contribution is 2.36. The summed E-state index contributed by atoms with van der Waals surface area (Å²) in [4.78, 5) is 1.15. The third-order valence-electron chi connectivity index (χ3n) is 3.52. The van der Waals surface area contributed by atoms with Gasteiger partial charge in [-0.15, -0.1) is 11.7 Å². The van der Waals surface area contributed by atoms with Crippen LogP contribution in [0.3, 0.4) is 0 Å². The molecule has 0 spiro atoms. The third-order valence-corrected chi connectivity index (χ3v) is 4.78. The van der Waals surface area contributed by atoms with Crippen LogP contribution in [0.25, 0.3) is 0 Å². The van der Waals surface area contributed by atoms with Crippen molar-refractivity contribution in [1.82, 2.24) is 0 Å². The molecule has 1 rings (SSSR count). The van der Waals surface area contributed by atoms with Gasteiger partial charge in [0.15, 0.2) is 0 Å². The van der Waals surface area contributed by atoms with Crippen molar-refractivity contribution < 1.29 is 9.47 Å². The molecule has 0 fully saturated rings. The minimum atomic E-state index is -0.168. The Balaban J connectivity index is 3.28. The maximum Gasteiger partial charge on any atom is 0.0735 e. The van der Waals surface area contributed by atoms with E-state index in [4.69, 9.17) is 9.47 Å². The molecule has 0 radical (unpaired) electrons. The van der Waals surface area contributed by atoms with E-state index in [1.165, 1.54) is 27.5 Å². The first-order chi connectivity index (χ1) is 10.7. The molecule has 0 amide bonds. The zero-order valence-corrected chi connectivity index (χ0v) is 18.5. The predicted molar refractivity (Wildman–Crippen MR) is 109 cm³/mol. The van der Waals surface area contributed by atoms with Crippen LogP contribution in [0.4, 0.5) is 0 Å². The molecule has 0 saturated carbocycles. The monoisotopic (exact) mass is 370 g/mol. The third kappa shape index (κ3) is 7.38. The molecule has 0 aliphatic rings. The summed E-state index contributed by atoms with van der Waals surface area (Å²) in [6.45, 7) is 20.4. The van der Waals surface area contributed by atoms with Crippen LogP contribution in [0.1, 0.15) is 79.0 Å². The van der Waals surface area contributed by atoms with E-state index in [1.54, 1.807) is 0 Å². The molecule has 0 aliphatic carbocycles. The molecule has 4 heteroatoms. The largest absolute Gasteiger partial charge is 0.371 e. The molecule has 24 heavy (non-hydrogen) atoms. The molecule has 138 valence electrons. The second-order valence-electron chi connectivity index (χ2n) is 9.27. The van der Waals surface area contributed by atoms with Crippen LogP contribution in [-0.2, 0) is 28.1 Å². The average molecular weight is 371 g/mol. The second-order valence-corrected chi connectivity index (χ2v) is 10.4. The molecule has 0 atom stereocenters. The SMILES string of the molecule is CC(C)(C)OCc1cc(C(C)(C)C)cc(COC(C)(C)C)c1SS. The van der Waals surface area contributed by atoms with Crippen LogP contribution in [-0.4, -0.2) is 11.2 Å². The molecule has 0 N–H and O–H groups in total. The van der Waals surface area contributed by atoms with Gasteiger partial charge in [-0.25, -0.2) is 0 Å². The zero-order valence-electron chi connectivity index (χ0n) is 16.7. The quantitative estimate of drug-likeness (QED) is 0.468. The summed E-state index contributed by atoms with van der Waals surface area (Å²) in [6, 6.07) is 4.51. The number of ether oxygens (including phenoxy) is 2. The minimum Gasteiger partial charge on any atom is -0.371 e. The molecule has 1 aromatic carbocycles. The van der Waals surface area contributed by atoms with Crippen molar-refractivity contribution in [2.45, 2.75) is 97.0 Å². The van der Waals surface area contributed by atoms with E-state index in [9.17, 15) is 0 Å². The molecule has 0 bridgehead atoms. The maximum absolute atomic E-state index is 6.04. The summed E-state index contributed by atoms with van der Waals surface area (Å²) < 4.78 is 12.1. The summed E-state index contributed by atoms with van der Waals surface area (Å²) in [5.41, 5.74) is 3.41. The van der Waals surface area contributed by atoms with Crippen molar-refractivity contribution in [3.05, 3.63) is 28.8 Å². The number of thiol groups is 1. The lowest BCUT2D eigenvalue weighted by Crippen LogP contribution is -2.21. The fraction of sp³-hybridized carbons (Fsp3) is 0.700. The molecule has 2 nitrogen and oxygen atoms in total. The predicted octanol–water partition coefficient (Wildman–Crippen LogP) is 6.55. The lowest BCUT2D eigenvalue weighted by Gasteiger charge is -2.27. The summed E-state index contributed by atoms with van der Waals surface area (Å²) in [5, 5.41) is 0. The molecule has 0 aromatic heterocycles. The van der Waals surface area contributed by atoms with E-state index < -0.39 is 0 Å². The van der Waals surface area contributed by atoms with Gasteiger partial charge in [0.1, 0.15) is 0 Å². The van der Waals surface area contributed by atoms with Gasteiger partial charge in [-0.3, -0.25) is 0 Å². The highest BCUT2D eigenvalue weighted by Gasteiger charge is 2.21. The highest BCUT2D eigenvalue weighted by atomic mass is 33.1. The Labute approximate surface area is 157 Å². The number of hydrogen-bond acceptors (Lipinski definition) is 4. The standard InChI is InChI=1S/C20H34O2S2/c1-18(2,3)16-10-14(12-21-19(4,5)6)17(24-23)15(11-16)13-22-20(7,8)9/h10-11,23H,12-13H2,1-9H3. The van der Waals surface area contributed by atoms with Crippen LogP contribution in [0.15, 0.2) is 17.0 Å². The first-order valence-electron chi connectivity index (χ1n) is 8.48. The Bertz CT molecular complexity index is 507. The number of rotatable bonds is 5. The van der Waals surface area contributed by atoms with E-state index in [0.717, 1.165) is 4.90 Å². The Morgan fingerprint density at radius 2 is 1.17 bits per heavy atom. The summed E-state index contributed by atoms with van der Waals surface area (Å²) in [7, 11) is 1.48. The van der Waals surface area contributed by atoms with Crippen LogP contribution in [0.5, 0.6) is 0 Å². The Morgan fingerprint density at radius 3 is 1.42 bits per heavy atom. The molecule has 1 aromatic rings. The number of hydrogen-bond donors (Lipinski definition) is 1. The Hall–Kier alpha value is -0.160. The van der Waals surface area contributed by atoms with Crippen molar-refractivity contribution >= 4 is 22.5 Å². The highest BCUT2D eigenvalue weighted by molar-refractivity contribution is 8.68. The van der Waals surface area contributed by atoms with Crippen LogP contribution in [0, 0.1) is 0 Å². The average Bonchev–Trinajstić information content (AvgIpc) is 2.39. The fourth-order valence-electron chi connectivity index (χ4n) is 2.11. The molecular formula is C20H34O2S2.